The summed E-state index contributed by atoms with van der Waals surface area (Å²) in [5, 5.41) is 8.44. The van der Waals surface area contributed by atoms with Gasteiger partial charge in [0.2, 0.25) is 5.78 Å². The molecule has 0 bridgehead atoms. The molecule has 17 nitrogen and oxygen atoms in total. The third kappa shape index (κ3) is 40.7. The van der Waals surface area contributed by atoms with E-state index in [0.29, 0.717) is 158 Å². The Hall–Kier alpha value is -1.58. The molecule has 0 aliphatic carbocycles. The van der Waals surface area contributed by atoms with Crippen molar-refractivity contribution in [2.24, 2.45) is 0 Å². The molecule has 0 aromatic rings. The highest BCUT2D eigenvalue weighted by atomic mass is 35.5. The summed E-state index contributed by atoms with van der Waals surface area (Å²) in [6.07, 6.45) is -0.663. The van der Waals surface area contributed by atoms with Crippen LogP contribution in [0.5, 0.6) is 0 Å². The van der Waals surface area contributed by atoms with Crippen LogP contribution in [0.1, 0.15) is 12.8 Å². The summed E-state index contributed by atoms with van der Waals surface area (Å²) in [5.41, 5.74) is 0. The van der Waals surface area contributed by atoms with Crippen molar-refractivity contribution in [3.8, 4) is 0 Å². The topological polar surface area (TPSA) is 191 Å². The van der Waals surface area contributed by atoms with Gasteiger partial charge in [-0.15, -0.1) is 11.6 Å². The number of carbonyl (C=O) groups is 3. The van der Waals surface area contributed by atoms with Gasteiger partial charge in [0, 0.05) is 12.3 Å². The van der Waals surface area contributed by atoms with Crippen molar-refractivity contribution in [2.45, 2.75) is 12.8 Å². The second kappa shape index (κ2) is 40.8. The fraction of sp³-hybridized carbons (Fsp3) is 0.903. The minimum atomic E-state index is -1.56. The maximum atomic E-state index is 11.4. The van der Waals surface area contributed by atoms with Crippen LogP contribution in [0.3, 0.4) is 0 Å². The number of carboxylic acid groups (broad SMARTS) is 1. The summed E-state index contributed by atoms with van der Waals surface area (Å²) in [5.74, 6) is -2.76. The first-order chi connectivity index (χ1) is 24.1. The number of hydrogen-bond acceptors (Lipinski definition) is 16. The van der Waals surface area contributed by atoms with Gasteiger partial charge >= 0.3 is 11.9 Å². The van der Waals surface area contributed by atoms with E-state index in [1.165, 1.54) is 0 Å². The molecule has 0 amide bonds. The van der Waals surface area contributed by atoms with Crippen LogP contribution in [-0.4, -0.2) is 194 Å². The van der Waals surface area contributed by atoms with E-state index >= 15 is 0 Å². The molecule has 0 aliphatic heterocycles. The van der Waals surface area contributed by atoms with Gasteiger partial charge in [-0.3, -0.25) is 9.59 Å². The van der Waals surface area contributed by atoms with Crippen molar-refractivity contribution in [2.75, 3.05) is 171 Å². The smallest absolute Gasteiger partial charge is 0.372 e. The summed E-state index contributed by atoms with van der Waals surface area (Å²) in [6, 6.07) is 0. The first-order valence-corrected chi connectivity index (χ1v) is 17.0. The Bertz CT molecular complexity index is 734. The summed E-state index contributed by atoms with van der Waals surface area (Å²) >= 11 is 5.50. The van der Waals surface area contributed by atoms with Gasteiger partial charge in [0.1, 0.15) is 6.61 Å². The zero-order chi connectivity index (χ0) is 35.7. The number of hydrogen-bond donors (Lipinski definition) is 1. The minimum Gasteiger partial charge on any atom is -0.476 e. The van der Waals surface area contributed by atoms with Crippen LogP contribution in [0.25, 0.3) is 0 Å². The Morgan fingerprint density at radius 1 is 0.347 bits per heavy atom. The predicted octanol–water partition coefficient (Wildman–Crippen LogP) is 0.402. The second-order valence-corrected chi connectivity index (χ2v) is 9.86. The van der Waals surface area contributed by atoms with E-state index < -0.39 is 17.7 Å². The summed E-state index contributed by atoms with van der Waals surface area (Å²) in [6.45, 7) is 10.9. The van der Waals surface area contributed by atoms with Gasteiger partial charge < -0.3 is 66.7 Å². The Balaban J connectivity index is 3.11. The average Bonchev–Trinajstić information content (AvgIpc) is 3.10. The molecule has 0 heterocycles. The predicted molar refractivity (Wildman–Crippen MR) is 173 cm³/mol. The first-order valence-electron chi connectivity index (χ1n) is 16.5. The molecule has 0 spiro atoms. The molecule has 0 saturated carbocycles. The molecule has 49 heavy (non-hydrogen) atoms. The van der Waals surface area contributed by atoms with Crippen LogP contribution >= 0.6 is 11.6 Å². The Labute approximate surface area is 294 Å². The summed E-state index contributed by atoms with van der Waals surface area (Å²) < 4.78 is 69.5. The monoisotopic (exact) mass is 736 g/mol. The van der Waals surface area contributed by atoms with Gasteiger partial charge in [-0.1, -0.05) is 0 Å². The molecule has 290 valence electrons. The average molecular weight is 737 g/mol. The van der Waals surface area contributed by atoms with Crippen LogP contribution < -0.4 is 0 Å². The second-order valence-electron chi connectivity index (χ2n) is 9.49. The zero-order valence-corrected chi connectivity index (χ0v) is 29.4. The maximum Gasteiger partial charge on any atom is 0.372 e. The van der Waals surface area contributed by atoms with Crippen LogP contribution in [0.15, 0.2) is 0 Å². The molecule has 0 aromatic carbocycles. The van der Waals surface area contributed by atoms with E-state index in [-0.39, 0.29) is 26.1 Å². The number of alkyl halides is 1. The standard InChI is InChI=1S/C31H57ClO17/c32-3-4-37-5-6-38-7-8-39-9-10-40-11-12-41-13-14-42-15-16-43-17-18-44-19-20-45-21-22-46-23-24-47-25-26-48-27-28-49-30(34)2-1-29(33)31(35)36/h1-28H2,(H,35,36). The highest BCUT2D eigenvalue weighted by molar-refractivity contribution is 6.32. The highest BCUT2D eigenvalue weighted by Gasteiger charge is 2.14. The molecular formula is C31H57ClO17. The van der Waals surface area contributed by atoms with Crippen molar-refractivity contribution in [3.05, 3.63) is 0 Å². The lowest BCUT2D eigenvalue weighted by molar-refractivity contribution is -0.151. The van der Waals surface area contributed by atoms with Crippen LogP contribution in [0.4, 0.5) is 0 Å². The first kappa shape index (κ1) is 47.4. The SMILES string of the molecule is O=C(CCC(=O)C(=O)O)OCCOCCOCCOCCOCCOCCOCCOCCOCCOCCOCCOCCOCCCl. The van der Waals surface area contributed by atoms with Gasteiger partial charge in [0.05, 0.1) is 165 Å². The number of halogens is 1. The molecule has 0 radical (unpaired) electrons. The largest absolute Gasteiger partial charge is 0.476 e. The van der Waals surface area contributed by atoms with Crippen LogP contribution in [0.2, 0.25) is 0 Å². The van der Waals surface area contributed by atoms with Crippen molar-refractivity contribution < 1.29 is 81.1 Å². The number of carbonyl (C=O) groups excluding carboxylic acids is 2. The molecule has 1 N–H and O–H groups in total. The third-order valence-corrected chi connectivity index (χ3v) is 5.75. The fourth-order valence-corrected chi connectivity index (χ4v) is 3.29. The van der Waals surface area contributed by atoms with E-state index in [4.69, 9.17) is 78.3 Å². The molecule has 0 unspecified atom stereocenters. The number of ketones is 1. The van der Waals surface area contributed by atoms with Gasteiger partial charge in [-0.05, 0) is 0 Å². The Morgan fingerprint density at radius 2 is 0.571 bits per heavy atom. The van der Waals surface area contributed by atoms with Crippen molar-refractivity contribution >= 4 is 29.3 Å². The number of esters is 1. The molecule has 0 atom stereocenters. The van der Waals surface area contributed by atoms with Crippen molar-refractivity contribution in [1.29, 1.82) is 0 Å². The van der Waals surface area contributed by atoms with E-state index in [1.807, 2.05) is 0 Å². The van der Waals surface area contributed by atoms with Gasteiger partial charge in [-0.25, -0.2) is 4.79 Å². The lowest BCUT2D eigenvalue weighted by atomic mass is 10.2. The lowest BCUT2D eigenvalue weighted by Crippen LogP contribution is -2.17. The fourth-order valence-electron chi connectivity index (χ4n) is 3.18. The molecular weight excluding hydrogens is 680 g/mol. The van der Waals surface area contributed by atoms with E-state index in [2.05, 4.69) is 0 Å². The maximum absolute atomic E-state index is 11.4. The van der Waals surface area contributed by atoms with E-state index in [9.17, 15) is 14.4 Å². The normalized spacial score (nSPS) is 11.3. The third-order valence-electron chi connectivity index (χ3n) is 5.60. The molecule has 0 rings (SSSR count). The molecule has 0 aromatic heterocycles. The highest BCUT2D eigenvalue weighted by Crippen LogP contribution is 1.95. The summed E-state index contributed by atoms with van der Waals surface area (Å²) in [4.78, 5) is 32.6. The van der Waals surface area contributed by atoms with Gasteiger partial charge in [0.25, 0.3) is 0 Å². The van der Waals surface area contributed by atoms with Gasteiger partial charge in [-0.2, -0.15) is 0 Å². The molecule has 18 heteroatoms. The number of rotatable bonds is 42. The molecule has 0 fully saturated rings. The van der Waals surface area contributed by atoms with Gasteiger partial charge in [0.15, 0.2) is 0 Å². The quantitative estimate of drug-likeness (QED) is 0.0392. The van der Waals surface area contributed by atoms with Crippen molar-refractivity contribution in [1.82, 2.24) is 0 Å². The minimum absolute atomic E-state index is 0.0117. The zero-order valence-electron chi connectivity index (χ0n) is 28.7. The van der Waals surface area contributed by atoms with Crippen LogP contribution in [0, 0.1) is 0 Å². The number of ether oxygens (including phenoxy) is 13. The number of carboxylic acids is 1. The molecule has 0 aliphatic rings. The Kier molecular flexibility index (Phi) is 39.5. The van der Waals surface area contributed by atoms with Crippen LogP contribution in [-0.2, 0) is 76.0 Å². The lowest BCUT2D eigenvalue weighted by Gasteiger charge is -2.09. The van der Waals surface area contributed by atoms with E-state index in [0.717, 1.165) is 0 Å². The molecule has 0 saturated heterocycles. The number of Topliss-reactive ketones (excluding diaryl/α,β-unsaturated/α-hetero) is 1. The number of aliphatic carboxylic acids is 1. The summed E-state index contributed by atoms with van der Waals surface area (Å²) in [7, 11) is 0. The van der Waals surface area contributed by atoms with Crippen molar-refractivity contribution in [3.63, 3.8) is 0 Å². The van der Waals surface area contributed by atoms with E-state index in [1.54, 1.807) is 0 Å². The Morgan fingerprint density at radius 3 is 0.796 bits per heavy atom.